The highest BCUT2D eigenvalue weighted by atomic mass is 35.5. The molecule has 0 amide bonds. The van der Waals surface area contributed by atoms with Gasteiger partial charge in [-0.1, -0.05) is 16.8 Å². The number of methoxy groups -OCH3 is 2. The van der Waals surface area contributed by atoms with Crippen molar-refractivity contribution >= 4 is 11.6 Å². The van der Waals surface area contributed by atoms with Crippen molar-refractivity contribution < 1.29 is 14.0 Å². The Balaban J connectivity index is 1.61. The van der Waals surface area contributed by atoms with Crippen molar-refractivity contribution in [2.75, 3.05) is 27.3 Å². The lowest BCUT2D eigenvalue weighted by Crippen LogP contribution is -2.31. The van der Waals surface area contributed by atoms with Crippen LogP contribution in [0.4, 0.5) is 0 Å². The SMILES string of the molecule is COc1cc(-c2noc(-c3ncn(C4CCCNC4)n3)n2)cc(Cl)c1OC. The Labute approximate surface area is 160 Å². The molecule has 1 aromatic carbocycles. The summed E-state index contributed by atoms with van der Waals surface area (Å²) in [7, 11) is 3.07. The van der Waals surface area contributed by atoms with Gasteiger partial charge in [0.2, 0.25) is 11.6 Å². The molecule has 4 rings (SSSR count). The molecule has 0 radical (unpaired) electrons. The number of hydrogen-bond donors (Lipinski definition) is 1. The first-order chi connectivity index (χ1) is 13.2. The number of hydrogen-bond acceptors (Lipinski definition) is 8. The highest BCUT2D eigenvalue weighted by Gasteiger charge is 2.21. The quantitative estimate of drug-likeness (QED) is 0.709. The maximum absolute atomic E-state index is 6.25. The fourth-order valence-corrected chi connectivity index (χ4v) is 3.37. The first-order valence-electron chi connectivity index (χ1n) is 8.57. The number of benzene rings is 1. The summed E-state index contributed by atoms with van der Waals surface area (Å²) in [5.41, 5.74) is 0.642. The predicted molar refractivity (Wildman–Crippen MR) is 98.0 cm³/mol. The topological polar surface area (TPSA) is 100 Å². The minimum absolute atomic E-state index is 0.249. The molecule has 0 saturated carbocycles. The predicted octanol–water partition coefficient (Wildman–Crippen LogP) is 2.59. The Morgan fingerprint density at radius 3 is 2.89 bits per heavy atom. The van der Waals surface area contributed by atoms with Crippen molar-refractivity contribution in [2.45, 2.75) is 18.9 Å². The molecule has 0 spiro atoms. The van der Waals surface area contributed by atoms with E-state index in [-0.39, 0.29) is 11.9 Å². The summed E-state index contributed by atoms with van der Waals surface area (Å²) in [4.78, 5) is 8.70. The Hall–Kier alpha value is -2.65. The van der Waals surface area contributed by atoms with E-state index in [9.17, 15) is 0 Å². The van der Waals surface area contributed by atoms with Gasteiger partial charge < -0.3 is 19.3 Å². The second kappa shape index (κ2) is 7.53. The van der Waals surface area contributed by atoms with Crippen molar-refractivity contribution in [1.29, 1.82) is 0 Å². The number of nitrogens with one attached hydrogen (secondary N) is 1. The summed E-state index contributed by atoms with van der Waals surface area (Å²) in [6.07, 6.45) is 3.88. The van der Waals surface area contributed by atoms with E-state index in [0.717, 1.165) is 25.9 Å². The van der Waals surface area contributed by atoms with Crippen LogP contribution >= 0.6 is 11.6 Å². The summed E-state index contributed by atoms with van der Waals surface area (Å²) in [5, 5.41) is 12.3. The van der Waals surface area contributed by atoms with Crippen LogP contribution in [0.15, 0.2) is 23.0 Å². The van der Waals surface area contributed by atoms with Crippen LogP contribution in [0.5, 0.6) is 11.5 Å². The molecule has 1 N–H and O–H groups in total. The summed E-state index contributed by atoms with van der Waals surface area (Å²) in [6, 6.07) is 3.71. The summed E-state index contributed by atoms with van der Waals surface area (Å²) >= 11 is 6.25. The van der Waals surface area contributed by atoms with E-state index in [0.29, 0.717) is 33.7 Å². The second-order valence-electron chi connectivity index (χ2n) is 6.17. The highest BCUT2D eigenvalue weighted by Crippen LogP contribution is 2.38. The van der Waals surface area contributed by atoms with Crippen molar-refractivity contribution in [3.8, 4) is 34.6 Å². The third kappa shape index (κ3) is 3.47. The lowest BCUT2D eigenvalue weighted by atomic mass is 10.1. The van der Waals surface area contributed by atoms with Crippen LogP contribution in [0, 0.1) is 0 Å². The van der Waals surface area contributed by atoms with Crippen LogP contribution in [0.25, 0.3) is 23.1 Å². The third-order valence-electron chi connectivity index (χ3n) is 4.46. The average Bonchev–Trinajstić information content (AvgIpc) is 3.37. The lowest BCUT2D eigenvalue weighted by Gasteiger charge is -2.22. The number of aromatic nitrogens is 5. The molecule has 1 unspecified atom stereocenters. The standard InChI is InChI=1S/C17H19ClN6O3/c1-25-13-7-10(6-12(18)14(13)26-2)15-21-17(27-23-15)16-20-9-24(22-16)11-4-3-5-19-8-11/h6-7,9,11,19H,3-5,8H2,1-2H3. The van der Waals surface area contributed by atoms with Gasteiger partial charge in [0, 0.05) is 12.1 Å². The first kappa shape index (κ1) is 17.7. The van der Waals surface area contributed by atoms with E-state index >= 15 is 0 Å². The number of piperidine rings is 1. The van der Waals surface area contributed by atoms with Crippen LogP contribution < -0.4 is 14.8 Å². The molecule has 3 aromatic rings. The van der Waals surface area contributed by atoms with Gasteiger partial charge in [-0.15, -0.1) is 5.10 Å². The van der Waals surface area contributed by atoms with Crippen LogP contribution in [0.3, 0.4) is 0 Å². The normalized spacial score (nSPS) is 17.1. The molecule has 0 aliphatic carbocycles. The minimum Gasteiger partial charge on any atom is -0.493 e. The third-order valence-corrected chi connectivity index (χ3v) is 4.74. The minimum atomic E-state index is 0.249. The van der Waals surface area contributed by atoms with Gasteiger partial charge in [0.1, 0.15) is 6.33 Å². The summed E-state index contributed by atoms with van der Waals surface area (Å²) in [5.74, 6) is 1.94. The molecule has 9 nitrogen and oxygen atoms in total. The van der Waals surface area contributed by atoms with Crippen LogP contribution in [0.2, 0.25) is 5.02 Å². The molecule has 1 saturated heterocycles. The molecular formula is C17H19ClN6O3. The smallest absolute Gasteiger partial charge is 0.297 e. The van der Waals surface area contributed by atoms with Gasteiger partial charge in [-0.3, -0.25) is 0 Å². The zero-order valence-electron chi connectivity index (χ0n) is 15.0. The van der Waals surface area contributed by atoms with Crippen LogP contribution in [-0.4, -0.2) is 52.2 Å². The average molecular weight is 391 g/mol. The van der Waals surface area contributed by atoms with E-state index in [1.54, 1.807) is 18.5 Å². The Bertz CT molecular complexity index is 935. The second-order valence-corrected chi connectivity index (χ2v) is 6.57. The van der Waals surface area contributed by atoms with Gasteiger partial charge in [0.15, 0.2) is 11.5 Å². The zero-order valence-corrected chi connectivity index (χ0v) is 15.7. The summed E-state index contributed by atoms with van der Waals surface area (Å²) < 4.78 is 17.7. The molecule has 10 heteroatoms. The number of ether oxygens (including phenoxy) is 2. The van der Waals surface area contributed by atoms with Gasteiger partial charge in [0.25, 0.3) is 5.89 Å². The van der Waals surface area contributed by atoms with Gasteiger partial charge in [-0.05, 0) is 31.5 Å². The molecule has 1 aliphatic rings. The first-order valence-corrected chi connectivity index (χ1v) is 8.95. The number of rotatable bonds is 5. The maximum atomic E-state index is 6.25. The molecule has 0 bridgehead atoms. The zero-order chi connectivity index (χ0) is 18.8. The molecule has 3 heterocycles. The van der Waals surface area contributed by atoms with Crippen molar-refractivity contribution in [3.05, 3.63) is 23.5 Å². The largest absolute Gasteiger partial charge is 0.493 e. The van der Waals surface area contributed by atoms with Gasteiger partial charge in [-0.2, -0.15) is 4.98 Å². The van der Waals surface area contributed by atoms with Crippen molar-refractivity contribution in [1.82, 2.24) is 30.2 Å². The van der Waals surface area contributed by atoms with Gasteiger partial charge in [0.05, 0.1) is 25.3 Å². The van der Waals surface area contributed by atoms with E-state index < -0.39 is 0 Å². The number of halogens is 1. The molecular weight excluding hydrogens is 372 g/mol. The molecule has 1 fully saturated rings. The fourth-order valence-electron chi connectivity index (χ4n) is 3.09. The highest BCUT2D eigenvalue weighted by molar-refractivity contribution is 6.32. The van der Waals surface area contributed by atoms with Crippen LogP contribution in [-0.2, 0) is 0 Å². The monoisotopic (exact) mass is 390 g/mol. The van der Waals surface area contributed by atoms with Gasteiger partial charge in [-0.25, -0.2) is 9.67 Å². The Morgan fingerprint density at radius 1 is 1.26 bits per heavy atom. The maximum Gasteiger partial charge on any atom is 0.297 e. The van der Waals surface area contributed by atoms with E-state index in [1.165, 1.54) is 14.2 Å². The van der Waals surface area contributed by atoms with E-state index in [1.807, 2.05) is 4.68 Å². The molecule has 1 aliphatic heterocycles. The molecule has 27 heavy (non-hydrogen) atoms. The molecule has 1 atom stereocenters. The van der Waals surface area contributed by atoms with Gasteiger partial charge >= 0.3 is 0 Å². The fraction of sp³-hybridized carbons (Fsp3) is 0.412. The summed E-state index contributed by atoms with van der Waals surface area (Å²) in [6.45, 7) is 1.92. The van der Waals surface area contributed by atoms with E-state index in [4.69, 9.17) is 25.6 Å². The lowest BCUT2D eigenvalue weighted by molar-refractivity contribution is 0.345. The van der Waals surface area contributed by atoms with Crippen molar-refractivity contribution in [2.24, 2.45) is 0 Å². The molecule has 142 valence electrons. The Morgan fingerprint density at radius 2 is 2.15 bits per heavy atom. The van der Waals surface area contributed by atoms with E-state index in [2.05, 4.69) is 25.5 Å². The Kier molecular flexibility index (Phi) is 4.95. The number of nitrogens with zero attached hydrogens (tertiary/aromatic N) is 5. The van der Waals surface area contributed by atoms with Crippen molar-refractivity contribution in [3.63, 3.8) is 0 Å². The van der Waals surface area contributed by atoms with Crippen LogP contribution in [0.1, 0.15) is 18.9 Å². The molecule has 2 aromatic heterocycles.